The predicted molar refractivity (Wildman–Crippen MR) is 99.0 cm³/mol. The molecule has 0 aliphatic carbocycles. The zero-order valence-electron chi connectivity index (χ0n) is 15.8. The molecule has 9 heteroatoms. The molecule has 0 spiro atoms. The third-order valence-electron chi connectivity index (χ3n) is 4.54. The van der Waals surface area contributed by atoms with Gasteiger partial charge in [-0.05, 0) is 28.5 Å². The van der Waals surface area contributed by atoms with Crippen molar-refractivity contribution in [3.05, 3.63) is 42.0 Å². The fraction of sp³-hybridized carbons (Fsp3) is 0.450. The molecule has 0 unspecified atom stereocenters. The van der Waals surface area contributed by atoms with Gasteiger partial charge in [0.25, 0.3) is 0 Å². The topological polar surface area (TPSA) is 66.0 Å². The molecule has 6 nitrogen and oxygen atoms in total. The van der Waals surface area contributed by atoms with Gasteiger partial charge in [-0.1, -0.05) is 24.3 Å². The Balaban J connectivity index is 1.47. The Labute approximate surface area is 165 Å². The van der Waals surface area contributed by atoms with E-state index in [4.69, 9.17) is 14.2 Å². The van der Waals surface area contributed by atoms with E-state index in [9.17, 15) is 18.0 Å². The SMILES string of the molecule is COc1ccc2c(C3COC(CCNC(=O)OCC(F)(F)F)OC3)cccc2c1. The van der Waals surface area contributed by atoms with Gasteiger partial charge in [-0.15, -0.1) is 0 Å². The number of carbonyl (C=O) groups excluding carboxylic acids is 1. The predicted octanol–water partition coefficient (Wildman–Crippen LogP) is 3.98. The molecule has 3 rings (SSSR count). The summed E-state index contributed by atoms with van der Waals surface area (Å²) < 4.78 is 56.7. The minimum absolute atomic E-state index is 0.0491. The second-order valence-corrected chi connectivity index (χ2v) is 6.63. The quantitative estimate of drug-likeness (QED) is 0.776. The Morgan fingerprint density at radius 3 is 2.66 bits per heavy atom. The maximum atomic E-state index is 12.0. The van der Waals surface area contributed by atoms with Crippen molar-refractivity contribution in [1.82, 2.24) is 5.32 Å². The van der Waals surface area contributed by atoms with Gasteiger partial charge in [0.1, 0.15) is 5.75 Å². The van der Waals surface area contributed by atoms with Crippen LogP contribution in [0.2, 0.25) is 0 Å². The van der Waals surface area contributed by atoms with Crippen LogP contribution in [-0.4, -0.2) is 52.0 Å². The number of halogens is 3. The van der Waals surface area contributed by atoms with Gasteiger partial charge in [0.05, 0.1) is 20.3 Å². The summed E-state index contributed by atoms with van der Waals surface area (Å²) in [7, 11) is 1.62. The molecule has 1 aliphatic heterocycles. The maximum absolute atomic E-state index is 12.0. The third kappa shape index (κ3) is 5.98. The number of alkyl halides is 3. The second-order valence-electron chi connectivity index (χ2n) is 6.63. The summed E-state index contributed by atoms with van der Waals surface area (Å²) in [6, 6.07) is 11.9. The van der Waals surface area contributed by atoms with Crippen molar-refractivity contribution in [2.24, 2.45) is 0 Å². The number of hydrogen-bond acceptors (Lipinski definition) is 5. The first kappa shape index (κ1) is 21.2. The molecule has 29 heavy (non-hydrogen) atoms. The Hall–Kier alpha value is -2.52. The van der Waals surface area contributed by atoms with E-state index in [-0.39, 0.29) is 12.5 Å². The smallest absolute Gasteiger partial charge is 0.422 e. The lowest BCUT2D eigenvalue weighted by atomic mass is 9.94. The molecule has 0 aromatic heterocycles. The van der Waals surface area contributed by atoms with Crippen molar-refractivity contribution in [2.75, 3.05) is 33.5 Å². The van der Waals surface area contributed by atoms with Gasteiger partial charge in [0, 0.05) is 18.9 Å². The first-order valence-corrected chi connectivity index (χ1v) is 9.13. The minimum atomic E-state index is -4.55. The van der Waals surface area contributed by atoms with E-state index in [0.29, 0.717) is 19.6 Å². The van der Waals surface area contributed by atoms with Crippen LogP contribution in [0.1, 0.15) is 17.9 Å². The minimum Gasteiger partial charge on any atom is -0.497 e. The van der Waals surface area contributed by atoms with Crippen LogP contribution in [0.4, 0.5) is 18.0 Å². The molecule has 0 bridgehead atoms. The van der Waals surface area contributed by atoms with Gasteiger partial charge in [-0.2, -0.15) is 13.2 Å². The van der Waals surface area contributed by atoms with Crippen LogP contribution in [0.15, 0.2) is 36.4 Å². The van der Waals surface area contributed by atoms with Gasteiger partial charge in [0.15, 0.2) is 12.9 Å². The van der Waals surface area contributed by atoms with Crippen molar-refractivity contribution in [1.29, 1.82) is 0 Å². The summed E-state index contributed by atoms with van der Waals surface area (Å²) in [5.41, 5.74) is 1.11. The average Bonchev–Trinajstić information content (AvgIpc) is 2.71. The molecule has 1 fully saturated rings. The molecule has 1 N–H and O–H groups in total. The monoisotopic (exact) mass is 413 g/mol. The third-order valence-corrected chi connectivity index (χ3v) is 4.54. The number of rotatable bonds is 6. The summed E-state index contributed by atoms with van der Waals surface area (Å²) in [5.74, 6) is 0.833. The van der Waals surface area contributed by atoms with Crippen LogP contribution < -0.4 is 10.1 Å². The van der Waals surface area contributed by atoms with Crippen molar-refractivity contribution < 1.29 is 36.9 Å². The Morgan fingerprint density at radius 2 is 1.97 bits per heavy atom. The van der Waals surface area contributed by atoms with Crippen LogP contribution in [0.5, 0.6) is 5.75 Å². The molecular weight excluding hydrogens is 391 g/mol. The lowest BCUT2D eigenvalue weighted by Gasteiger charge is -2.30. The van der Waals surface area contributed by atoms with Crippen molar-refractivity contribution >= 4 is 16.9 Å². The maximum Gasteiger partial charge on any atom is 0.422 e. The molecule has 0 saturated carbocycles. The lowest BCUT2D eigenvalue weighted by molar-refractivity contribution is -0.188. The molecule has 1 aliphatic rings. The number of methoxy groups -OCH3 is 1. The number of ether oxygens (including phenoxy) is 4. The standard InChI is InChI=1S/C20H22F3NO5/c1-26-15-5-6-17-13(9-15)3-2-4-16(17)14-10-27-18(28-11-14)7-8-24-19(25)29-12-20(21,22)23/h2-6,9,14,18H,7-8,10-12H2,1H3,(H,24,25). The second kappa shape index (κ2) is 9.32. The normalized spacial score (nSPS) is 19.7. The first-order chi connectivity index (χ1) is 13.9. The van der Waals surface area contributed by atoms with E-state index in [1.807, 2.05) is 36.4 Å². The van der Waals surface area contributed by atoms with E-state index in [1.165, 1.54) is 0 Å². The summed E-state index contributed by atoms with van der Waals surface area (Å²) in [6.07, 6.45) is -5.90. The first-order valence-electron chi connectivity index (χ1n) is 9.13. The fourth-order valence-corrected chi connectivity index (χ4v) is 3.15. The summed E-state index contributed by atoms with van der Waals surface area (Å²) in [6.45, 7) is -0.656. The van der Waals surface area contributed by atoms with Gasteiger partial charge < -0.3 is 24.3 Å². The summed E-state index contributed by atoms with van der Waals surface area (Å²) >= 11 is 0. The van der Waals surface area contributed by atoms with E-state index >= 15 is 0 Å². The molecular formula is C20H22F3NO5. The van der Waals surface area contributed by atoms with Gasteiger partial charge in [0.2, 0.25) is 0 Å². The highest BCUT2D eigenvalue weighted by molar-refractivity contribution is 5.87. The van der Waals surface area contributed by atoms with Gasteiger partial charge in [-0.25, -0.2) is 4.79 Å². The van der Waals surface area contributed by atoms with Crippen molar-refractivity contribution in [3.8, 4) is 5.75 Å². The summed E-state index contributed by atoms with van der Waals surface area (Å²) in [4.78, 5) is 11.2. The van der Waals surface area contributed by atoms with E-state index in [0.717, 1.165) is 22.1 Å². The number of alkyl carbamates (subject to hydrolysis) is 1. The Kier molecular flexibility index (Phi) is 6.81. The number of benzene rings is 2. The zero-order chi connectivity index (χ0) is 20.9. The van der Waals surface area contributed by atoms with Crippen LogP contribution in [0.3, 0.4) is 0 Å². The number of nitrogens with one attached hydrogen (secondary N) is 1. The average molecular weight is 413 g/mol. The highest BCUT2D eigenvalue weighted by Gasteiger charge is 2.29. The van der Waals surface area contributed by atoms with E-state index in [2.05, 4.69) is 10.1 Å². The van der Waals surface area contributed by atoms with E-state index < -0.39 is 25.2 Å². The largest absolute Gasteiger partial charge is 0.497 e. The van der Waals surface area contributed by atoms with Crippen molar-refractivity contribution in [3.63, 3.8) is 0 Å². The Morgan fingerprint density at radius 1 is 1.21 bits per heavy atom. The number of hydrogen-bond donors (Lipinski definition) is 1. The molecule has 1 amide bonds. The van der Waals surface area contributed by atoms with Crippen molar-refractivity contribution in [2.45, 2.75) is 24.8 Å². The Bertz CT molecular complexity index is 834. The van der Waals surface area contributed by atoms with Crippen LogP contribution in [-0.2, 0) is 14.2 Å². The van der Waals surface area contributed by atoms with E-state index in [1.54, 1.807) is 7.11 Å². The number of fused-ring (bicyclic) bond motifs is 1. The lowest BCUT2D eigenvalue weighted by Crippen LogP contribution is -2.35. The molecule has 0 radical (unpaired) electrons. The highest BCUT2D eigenvalue weighted by Crippen LogP contribution is 2.31. The molecule has 0 atom stereocenters. The molecule has 2 aromatic carbocycles. The van der Waals surface area contributed by atoms with Gasteiger partial charge >= 0.3 is 12.3 Å². The summed E-state index contributed by atoms with van der Waals surface area (Å²) in [5, 5.41) is 4.40. The van der Waals surface area contributed by atoms with Crippen LogP contribution in [0.25, 0.3) is 10.8 Å². The molecule has 1 saturated heterocycles. The number of carbonyl (C=O) groups is 1. The zero-order valence-corrected chi connectivity index (χ0v) is 15.8. The molecule has 1 heterocycles. The van der Waals surface area contributed by atoms with Crippen LogP contribution >= 0.6 is 0 Å². The molecule has 2 aromatic rings. The van der Waals surface area contributed by atoms with Gasteiger partial charge in [-0.3, -0.25) is 0 Å². The highest BCUT2D eigenvalue weighted by atomic mass is 19.4. The fourth-order valence-electron chi connectivity index (χ4n) is 3.15. The molecule has 158 valence electrons. The van der Waals surface area contributed by atoms with Crippen LogP contribution in [0, 0.1) is 0 Å². The number of amides is 1.